The summed E-state index contributed by atoms with van der Waals surface area (Å²) in [6.45, 7) is 4.10. The number of carbonyl (C=O) groups is 1. The zero-order chi connectivity index (χ0) is 21.7. The SMILES string of the molecule is Cc1noc(C)c1CN(C)C(=O)/C=C/c1ccc(S(=O)(=O)NCc2ccco2)cc1. The Hall–Kier alpha value is -3.17. The predicted octanol–water partition coefficient (Wildman–Crippen LogP) is 3.03. The Kier molecular flexibility index (Phi) is 6.53. The van der Waals surface area contributed by atoms with Gasteiger partial charge in [-0.05, 0) is 49.8 Å². The minimum absolute atomic E-state index is 0.0724. The van der Waals surface area contributed by atoms with Crippen molar-refractivity contribution in [1.29, 1.82) is 0 Å². The second kappa shape index (κ2) is 9.10. The molecule has 2 heterocycles. The van der Waals surface area contributed by atoms with E-state index in [1.807, 2.05) is 13.8 Å². The van der Waals surface area contributed by atoms with Gasteiger partial charge in [0.2, 0.25) is 15.9 Å². The summed E-state index contributed by atoms with van der Waals surface area (Å²) in [4.78, 5) is 14.1. The van der Waals surface area contributed by atoms with Crippen LogP contribution in [0.1, 0.15) is 28.3 Å². The topological polar surface area (TPSA) is 106 Å². The summed E-state index contributed by atoms with van der Waals surface area (Å²) in [6, 6.07) is 9.64. The van der Waals surface area contributed by atoms with Crippen LogP contribution in [0.15, 0.2) is 62.6 Å². The number of carbonyl (C=O) groups excluding carboxylic acids is 1. The van der Waals surface area contributed by atoms with Gasteiger partial charge in [0.15, 0.2) is 0 Å². The fourth-order valence-corrected chi connectivity index (χ4v) is 3.75. The molecule has 0 atom stereocenters. The molecule has 0 fully saturated rings. The van der Waals surface area contributed by atoms with Gasteiger partial charge in [0.25, 0.3) is 0 Å². The number of nitrogens with one attached hydrogen (secondary N) is 1. The van der Waals surface area contributed by atoms with Crippen LogP contribution in [0.25, 0.3) is 6.08 Å². The predicted molar refractivity (Wildman–Crippen MR) is 111 cm³/mol. The lowest BCUT2D eigenvalue weighted by molar-refractivity contribution is -0.125. The van der Waals surface area contributed by atoms with Gasteiger partial charge in [0, 0.05) is 18.7 Å². The van der Waals surface area contributed by atoms with E-state index in [9.17, 15) is 13.2 Å². The molecule has 0 aliphatic heterocycles. The number of sulfonamides is 1. The lowest BCUT2D eigenvalue weighted by atomic mass is 10.2. The van der Waals surface area contributed by atoms with E-state index in [0.29, 0.717) is 23.6 Å². The van der Waals surface area contributed by atoms with Gasteiger partial charge in [0.05, 0.1) is 29.9 Å². The summed E-state index contributed by atoms with van der Waals surface area (Å²) >= 11 is 0. The first kappa shape index (κ1) is 21.5. The Morgan fingerprint density at radius 3 is 2.53 bits per heavy atom. The van der Waals surface area contributed by atoms with E-state index in [1.165, 1.54) is 24.5 Å². The van der Waals surface area contributed by atoms with E-state index in [-0.39, 0.29) is 17.3 Å². The van der Waals surface area contributed by atoms with E-state index in [2.05, 4.69) is 9.88 Å². The smallest absolute Gasteiger partial charge is 0.246 e. The highest BCUT2D eigenvalue weighted by Crippen LogP contribution is 2.15. The molecule has 2 aromatic heterocycles. The number of hydrogen-bond acceptors (Lipinski definition) is 6. The number of furan rings is 1. The van der Waals surface area contributed by atoms with Crippen molar-refractivity contribution in [2.24, 2.45) is 0 Å². The van der Waals surface area contributed by atoms with E-state index in [0.717, 1.165) is 11.3 Å². The number of aromatic nitrogens is 1. The highest BCUT2D eigenvalue weighted by atomic mass is 32.2. The highest BCUT2D eigenvalue weighted by molar-refractivity contribution is 7.89. The summed E-state index contributed by atoms with van der Waals surface area (Å²) in [5, 5.41) is 3.89. The molecule has 8 nitrogen and oxygen atoms in total. The molecule has 1 aromatic carbocycles. The quantitative estimate of drug-likeness (QED) is 0.552. The van der Waals surface area contributed by atoms with Crippen LogP contribution in [0.2, 0.25) is 0 Å². The fourth-order valence-electron chi connectivity index (χ4n) is 2.76. The average molecular weight is 429 g/mol. The van der Waals surface area contributed by atoms with Crippen molar-refractivity contribution in [3.63, 3.8) is 0 Å². The van der Waals surface area contributed by atoms with Crippen molar-refractivity contribution in [2.45, 2.75) is 31.8 Å². The van der Waals surface area contributed by atoms with E-state index in [4.69, 9.17) is 8.94 Å². The summed E-state index contributed by atoms with van der Waals surface area (Å²) < 4.78 is 37.4. The molecule has 0 unspecified atom stereocenters. The normalized spacial score (nSPS) is 11.8. The third-order valence-corrected chi connectivity index (χ3v) is 6.00. The molecular formula is C21H23N3O5S. The first-order chi connectivity index (χ1) is 14.3. The molecule has 0 saturated heterocycles. The molecule has 30 heavy (non-hydrogen) atoms. The van der Waals surface area contributed by atoms with Gasteiger partial charge in [-0.25, -0.2) is 13.1 Å². The highest BCUT2D eigenvalue weighted by Gasteiger charge is 2.15. The molecule has 0 saturated carbocycles. The minimum Gasteiger partial charge on any atom is -0.468 e. The lowest BCUT2D eigenvalue weighted by Gasteiger charge is -2.14. The maximum atomic E-state index is 12.4. The minimum atomic E-state index is -3.66. The molecule has 3 rings (SSSR count). The number of nitrogens with zero attached hydrogens (tertiary/aromatic N) is 2. The van der Waals surface area contributed by atoms with Crippen LogP contribution in [0.4, 0.5) is 0 Å². The fraction of sp³-hybridized carbons (Fsp3) is 0.238. The summed E-state index contributed by atoms with van der Waals surface area (Å²) in [5.41, 5.74) is 2.35. The Morgan fingerprint density at radius 2 is 1.93 bits per heavy atom. The van der Waals surface area contributed by atoms with Crippen molar-refractivity contribution in [1.82, 2.24) is 14.8 Å². The molecule has 0 aliphatic carbocycles. The van der Waals surface area contributed by atoms with E-state index < -0.39 is 10.0 Å². The molecule has 0 aliphatic rings. The number of aryl methyl sites for hydroxylation is 2. The van der Waals surface area contributed by atoms with Gasteiger partial charge < -0.3 is 13.8 Å². The second-order valence-electron chi connectivity index (χ2n) is 6.80. The van der Waals surface area contributed by atoms with Crippen LogP contribution in [-0.2, 0) is 27.9 Å². The standard InChI is InChI=1S/C21H23N3O5S/c1-15-20(16(2)29-23-15)14-24(3)21(25)11-8-17-6-9-19(10-7-17)30(26,27)22-13-18-5-4-12-28-18/h4-12,22H,13-14H2,1-3H3/b11-8+. The van der Waals surface area contributed by atoms with Crippen molar-refractivity contribution in [3.05, 3.63) is 77.1 Å². The van der Waals surface area contributed by atoms with Gasteiger partial charge in [-0.1, -0.05) is 17.3 Å². The number of amides is 1. The first-order valence-corrected chi connectivity index (χ1v) is 10.7. The Bertz CT molecular complexity index is 1110. The molecule has 1 N–H and O–H groups in total. The molecule has 1 amide bonds. The van der Waals surface area contributed by atoms with Crippen molar-refractivity contribution in [2.75, 3.05) is 7.05 Å². The van der Waals surface area contributed by atoms with Crippen LogP contribution in [-0.4, -0.2) is 31.4 Å². The largest absolute Gasteiger partial charge is 0.468 e. The van der Waals surface area contributed by atoms with Gasteiger partial charge in [-0.15, -0.1) is 0 Å². The van der Waals surface area contributed by atoms with Crippen molar-refractivity contribution in [3.8, 4) is 0 Å². The maximum Gasteiger partial charge on any atom is 0.246 e. The summed E-state index contributed by atoms with van der Waals surface area (Å²) in [5.74, 6) is 1.03. The Morgan fingerprint density at radius 1 is 1.20 bits per heavy atom. The molecule has 3 aromatic rings. The second-order valence-corrected chi connectivity index (χ2v) is 8.57. The van der Waals surface area contributed by atoms with Crippen molar-refractivity contribution >= 4 is 22.0 Å². The third-order valence-electron chi connectivity index (χ3n) is 4.58. The maximum absolute atomic E-state index is 12.4. The molecule has 158 valence electrons. The van der Waals surface area contributed by atoms with Crippen molar-refractivity contribution < 1.29 is 22.2 Å². The van der Waals surface area contributed by atoms with Gasteiger partial charge >= 0.3 is 0 Å². The van der Waals surface area contributed by atoms with Crippen LogP contribution in [0, 0.1) is 13.8 Å². The van der Waals surface area contributed by atoms with E-state index in [1.54, 1.807) is 42.3 Å². The first-order valence-electron chi connectivity index (χ1n) is 9.23. The number of likely N-dealkylation sites (N-methyl/N-ethyl adjacent to an activating group) is 1. The van der Waals surface area contributed by atoms with E-state index >= 15 is 0 Å². The zero-order valence-electron chi connectivity index (χ0n) is 17.0. The zero-order valence-corrected chi connectivity index (χ0v) is 17.8. The van der Waals surface area contributed by atoms with Gasteiger partial charge in [-0.2, -0.15) is 0 Å². The van der Waals surface area contributed by atoms with Crippen LogP contribution in [0.5, 0.6) is 0 Å². The molecule has 0 bridgehead atoms. The summed E-state index contributed by atoms with van der Waals surface area (Å²) in [7, 11) is -1.97. The van der Waals surface area contributed by atoms with Crippen LogP contribution >= 0.6 is 0 Å². The Balaban J connectivity index is 1.60. The number of rotatable bonds is 8. The molecular weight excluding hydrogens is 406 g/mol. The van der Waals surface area contributed by atoms with Gasteiger partial charge in [-0.3, -0.25) is 4.79 Å². The molecule has 0 spiro atoms. The molecule has 0 radical (unpaired) electrons. The number of hydrogen-bond donors (Lipinski definition) is 1. The lowest BCUT2D eigenvalue weighted by Crippen LogP contribution is -2.24. The monoisotopic (exact) mass is 429 g/mol. The third kappa shape index (κ3) is 5.25. The Labute approximate surface area is 175 Å². The summed E-state index contributed by atoms with van der Waals surface area (Å²) in [6.07, 6.45) is 4.56. The average Bonchev–Trinajstić information content (AvgIpc) is 3.36. The van der Waals surface area contributed by atoms with Crippen LogP contribution < -0.4 is 4.72 Å². The van der Waals surface area contributed by atoms with Gasteiger partial charge in [0.1, 0.15) is 11.5 Å². The number of benzene rings is 1. The van der Waals surface area contributed by atoms with Crippen LogP contribution in [0.3, 0.4) is 0 Å². The molecule has 9 heteroatoms.